The average Bonchev–Trinajstić information content (AvgIpc) is 2.39. The number of benzene rings is 1. The highest BCUT2D eigenvalue weighted by molar-refractivity contribution is 9.10. The molecule has 0 aromatic heterocycles. The lowest BCUT2D eigenvalue weighted by Crippen LogP contribution is -2.42. The molecule has 19 heavy (non-hydrogen) atoms. The van der Waals surface area contributed by atoms with E-state index in [1.807, 2.05) is 17.0 Å². The first-order valence-electron chi connectivity index (χ1n) is 6.00. The van der Waals surface area contributed by atoms with Crippen LogP contribution in [0.5, 0.6) is 5.75 Å². The minimum Gasteiger partial charge on any atom is -0.497 e. The van der Waals surface area contributed by atoms with Crippen LogP contribution in [0, 0.1) is 0 Å². The predicted octanol–water partition coefficient (Wildman–Crippen LogP) is 2.44. The van der Waals surface area contributed by atoms with Gasteiger partial charge in [0.1, 0.15) is 5.75 Å². The van der Waals surface area contributed by atoms with Gasteiger partial charge in [0.25, 0.3) is 5.91 Å². The number of methoxy groups -OCH3 is 1. The Morgan fingerprint density at radius 2 is 2.05 bits per heavy atom. The van der Waals surface area contributed by atoms with Gasteiger partial charge in [-0.05, 0) is 47.0 Å². The van der Waals surface area contributed by atoms with E-state index in [1.54, 1.807) is 13.2 Å². The third kappa shape index (κ3) is 3.84. The van der Waals surface area contributed by atoms with Gasteiger partial charge < -0.3 is 15.4 Å². The number of carbonyl (C=O) groups excluding carboxylic acids is 1. The summed E-state index contributed by atoms with van der Waals surface area (Å²) in [7, 11) is 1.59. The minimum absolute atomic E-state index is 0. The molecule has 2 rings (SSSR count). The van der Waals surface area contributed by atoms with E-state index in [9.17, 15) is 4.79 Å². The predicted molar refractivity (Wildman–Crippen MR) is 81.1 cm³/mol. The molecule has 1 heterocycles. The van der Waals surface area contributed by atoms with Crippen LogP contribution in [0.1, 0.15) is 23.2 Å². The van der Waals surface area contributed by atoms with Crippen molar-refractivity contribution < 1.29 is 9.53 Å². The number of nitrogens with two attached hydrogens (primary N) is 1. The summed E-state index contributed by atoms with van der Waals surface area (Å²) in [6.07, 6.45) is 1.74. The number of piperidine rings is 1. The smallest absolute Gasteiger partial charge is 0.255 e. The molecular formula is C13H18BrClN2O2. The summed E-state index contributed by atoms with van der Waals surface area (Å²) < 4.78 is 5.95. The monoisotopic (exact) mass is 348 g/mol. The molecule has 1 aromatic carbocycles. The van der Waals surface area contributed by atoms with Crippen LogP contribution in [0.25, 0.3) is 0 Å². The maximum atomic E-state index is 12.4. The quantitative estimate of drug-likeness (QED) is 0.892. The molecule has 6 heteroatoms. The molecule has 4 nitrogen and oxygen atoms in total. The second-order valence-corrected chi connectivity index (χ2v) is 5.33. The Bertz CT molecular complexity index is 448. The third-order valence-corrected chi connectivity index (χ3v) is 3.92. The van der Waals surface area contributed by atoms with E-state index in [-0.39, 0.29) is 24.4 Å². The van der Waals surface area contributed by atoms with E-state index < -0.39 is 0 Å². The Labute approximate surface area is 127 Å². The molecule has 0 aliphatic carbocycles. The second-order valence-electron chi connectivity index (χ2n) is 4.48. The highest BCUT2D eigenvalue weighted by Gasteiger charge is 2.23. The van der Waals surface area contributed by atoms with Gasteiger partial charge in [0.15, 0.2) is 0 Å². The number of amides is 1. The van der Waals surface area contributed by atoms with Gasteiger partial charge in [0, 0.05) is 23.6 Å². The first kappa shape index (κ1) is 16.3. The van der Waals surface area contributed by atoms with E-state index in [4.69, 9.17) is 10.5 Å². The van der Waals surface area contributed by atoms with Gasteiger partial charge in [-0.3, -0.25) is 4.79 Å². The van der Waals surface area contributed by atoms with Gasteiger partial charge in [-0.1, -0.05) is 0 Å². The van der Waals surface area contributed by atoms with Gasteiger partial charge in [0.2, 0.25) is 0 Å². The number of nitrogens with zero attached hydrogens (tertiary/aromatic N) is 1. The first-order valence-corrected chi connectivity index (χ1v) is 6.79. The summed E-state index contributed by atoms with van der Waals surface area (Å²) >= 11 is 3.41. The molecule has 106 valence electrons. The van der Waals surface area contributed by atoms with Crippen molar-refractivity contribution in [1.29, 1.82) is 0 Å². The second kappa shape index (κ2) is 7.12. The number of likely N-dealkylation sites (tertiary alicyclic amines) is 1. The maximum Gasteiger partial charge on any atom is 0.255 e. The fraction of sp³-hybridized carbons (Fsp3) is 0.462. The Morgan fingerprint density at radius 1 is 1.42 bits per heavy atom. The van der Waals surface area contributed by atoms with E-state index >= 15 is 0 Å². The zero-order chi connectivity index (χ0) is 13.1. The molecule has 2 N–H and O–H groups in total. The van der Waals surface area contributed by atoms with Crippen LogP contribution in [0.3, 0.4) is 0 Å². The van der Waals surface area contributed by atoms with E-state index in [0.29, 0.717) is 11.3 Å². The van der Waals surface area contributed by atoms with Crippen LogP contribution >= 0.6 is 28.3 Å². The number of halogens is 2. The number of hydrogen-bond donors (Lipinski definition) is 1. The van der Waals surface area contributed by atoms with Gasteiger partial charge in [-0.25, -0.2) is 0 Å². The lowest BCUT2D eigenvalue weighted by Gasteiger charge is -2.30. The normalized spacial score (nSPS) is 15.8. The summed E-state index contributed by atoms with van der Waals surface area (Å²) in [5.41, 5.74) is 6.49. The van der Waals surface area contributed by atoms with Gasteiger partial charge in [-0.2, -0.15) is 0 Å². The van der Waals surface area contributed by atoms with Crippen molar-refractivity contribution in [2.24, 2.45) is 5.73 Å². The molecule has 0 atom stereocenters. The van der Waals surface area contributed by atoms with E-state index in [2.05, 4.69) is 15.9 Å². The largest absolute Gasteiger partial charge is 0.497 e. The number of ether oxygens (including phenoxy) is 1. The molecule has 0 saturated carbocycles. The van der Waals surface area contributed by atoms with Gasteiger partial charge in [-0.15, -0.1) is 12.4 Å². The van der Waals surface area contributed by atoms with Crippen LogP contribution in [0.2, 0.25) is 0 Å². The number of hydrogen-bond acceptors (Lipinski definition) is 3. The van der Waals surface area contributed by atoms with Gasteiger partial charge >= 0.3 is 0 Å². The van der Waals surface area contributed by atoms with Crippen molar-refractivity contribution in [3.05, 3.63) is 28.2 Å². The zero-order valence-electron chi connectivity index (χ0n) is 10.8. The van der Waals surface area contributed by atoms with Crippen molar-refractivity contribution >= 4 is 34.2 Å². The lowest BCUT2D eigenvalue weighted by atomic mass is 10.0. The van der Waals surface area contributed by atoms with Gasteiger partial charge in [0.05, 0.1) is 12.7 Å². The number of rotatable bonds is 2. The van der Waals surface area contributed by atoms with Crippen molar-refractivity contribution in [2.75, 3.05) is 20.2 Å². The molecular weight excluding hydrogens is 332 g/mol. The molecule has 1 aliphatic rings. The van der Waals surface area contributed by atoms with Crippen molar-refractivity contribution in [1.82, 2.24) is 4.90 Å². The average molecular weight is 350 g/mol. The number of carbonyl (C=O) groups is 1. The summed E-state index contributed by atoms with van der Waals surface area (Å²) in [6, 6.07) is 5.65. The SMILES string of the molecule is COc1ccc(Br)c(C(=O)N2CCC(N)CC2)c1.Cl. The van der Waals surface area contributed by atoms with Crippen LogP contribution in [-0.4, -0.2) is 37.0 Å². The summed E-state index contributed by atoms with van der Waals surface area (Å²) in [5.74, 6) is 0.725. The highest BCUT2D eigenvalue weighted by atomic mass is 79.9. The van der Waals surface area contributed by atoms with Crippen LogP contribution in [0.4, 0.5) is 0 Å². The fourth-order valence-corrected chi connectivity index (χ4v) is 2.48. The van der Waals surface area contributed by atoms with Crippen molar-refractivity contribution in [2.45, 2.75) is 18.9 Å². The maximum absolute atomic E-state index is 12.4. The van der Waals surface area contributed by atoms with Crippen LogP contribution in [-0.2, 0) is 0 Å². The Kier molecular flexibility index (Phi) is 6.10. The molecule has 0 bridgehead atoms. The molecule has 1 aliphatic heterocycles. The Balaban J connectivity index is 0.00000180. The first-order chi connectivity index (χ1) is 8.61. The van der Waals surface area contributed by atoms with E-state index in [0.717, 1.165) is 30.4 Å². The molecule has 0 radical (unpaired) electrons. The molecule has 0 spiro atoms. The standard InChI is InChI=1S/C13H17BrN2O2.ClH/c1-18-10-2-3-12(14)11(8-10)13(17)16-6-4-9(15)5-7-16;/h2-3,8-9H,4-7,15H2,1H3;1H. The fourth-order valence-electron chi connectivity index (χ4n) is 2.07. The Hall–Kier alpha value is -0.780. The molecule has 1 amide bonds. The molecule has 1 aromatic rings. The summed E-state index contributed by atoms with van der Waals surface area (Å²) in [4.78, 5) is 14.2. The minimum atomic E-state index is 0. The molecule has 1 fully saturated rings. The molecule has 1 saturated heterocycles. The Morgan fingerprint density at radius 3 is 2.63 bits per heavy atom. The third-order valence-electron chi connectivity index (χ3n) is 3.23. The van der Waals surface area contributed by atoms with Crippen molar-refractivity contribution in [3.8, 4) is 5.75 Å². The molecule has 0 unspecified atom stereocenters. The van der Waals surface area contributed by atoms with Crippen LogP contribution < -0.4 is 10.5 Å². The lowest BCUT2D eigenvalue weighted by molar-refractivity contribution is 0.0713. The topological polar surface area (TPSA) is 55.6 Å². The van der Waals surface area contributed by atoms with E-state index in [1.165, 1.54) is 0 Å². The highest BCUT2D eigenvalue weighted by Crippen LogP contribution is 2.24. The van der Waals surface area contributed by atoms with Crippen molar-refractivity contribution in [3.63, 3.8) is 0 Å². The summed E-state index contributed by atoms with van der Waals surface area (Å²) in [5, 5.41) is 0. The van der Waals surface area contributed by atoms with Crippen LogP contribution in [0.15, 0.2) is 22.7 Å². The zero-order valence-corrected chi connectivity index (χ0v) is 13.2. The summed E-state index contributed by atoms with van der Waals surface area (Å²) in [6.45, 7) is 1.45.